The van der Waals surface area contributed by atoms with Crippen LogP contribution in [0.15, 0.2) is 12.1 Å². The highest BCUT2D eigenvalue weighted by Gasteiger charge is 2.41. The van der Waals surface area contributed by atoms with Crippen molar-refractivity contribution in [2.75, 3.05) is 19.8 Å². The van der Waals surface area contributed by atoms with E-state index < -0.39 is 24.7 Å². The predicted octanol–water partition coefficient (Wildman–Crippen LogP) is -0.507. The van der Waals surface area contributed by atoms with E-state index in [9.17, 15) is 15.1 Å². The maximum atomic E-state index is 10.6. The van der Waals surface area contributed by atoms with Gasteiger partial charge in [0.1, 0.15) is 19.3 Å². The third kappa shape index (κ3) is 1.70. The quantitative estimate of drug-likeness (QED) is 0.432. The molecule has 2 aliphatic heterocycles. The molecule has 8 heteroatoms. The molecule has 94 valence electrons. The van der Waals surface area contributed by atoms with Gasteiger partial charge in [0, 0.05) is 10.5 Å². The molecule has 2 heterocycles. The molecule has 1 N–H and O–H groups in total. The molecule has 1 aromatic rings. The zero-order valence-electron chi connectivity index (χ0n) is 9.37. The van der Waals surface area contributed by atoms with Crippen molar-refractivity contribution < 1.29 is 24.1 Å². The number of fused-ring (bicyclic) bond motifs is 3. The molecule has 0 aromatic heterocycles. The molecule has 0 saturated heterocycles. The lowest BCUT2D eigenvalue weighted by Gasteiger charge is -2.21. The molecule has 1 unspecified atom stereocenters. The molecule has 0 fully saturated rings. The van der Waals surface area contributed by atoms with Crippen LogP contribution in [0.2, 0.25) is 0 Å². The van der Waals surface area contributed by atoms with Crippen LogP contribution < -0.4 is 14.9 Å². The molecule has 2 aliphatic rings. The summed E-state index contributed by atoms with van der Waals surface area (Å²) < 4.78 is 16.1. The number of nitrogens with zero attached hydrogens (tertiary/aromatic N) is 1. The Morgan fingerprint density at radius 2 is 2.22 bits per heavy atom. The second-order valence-corrected chi connectivity index (χ2v) is 4.09. The van der Waals surface area contributed by atoms with Gasteiger partial charge in [0.2, 0.25) is 6.54 Å². The molecule has 1 aromatic carbocycles. The summed E-state index contributed by atoms with van der Waals surface area (Å²) in [6.07, 6.45) is -0.804. The van der Waals surface area contributed by atoms with Crippen molar-refractivity contribution >= 4 is 12.6 Å². The van der Waals surface area contributed by atoms with Crippen molar-refractivity contribution in [3.05, 3.63) is 27.8 Å². The Hall–Kier alpha value is -1.80. The Labute approximate surface area is 103 Å². The van der Waals surface area contributed by atoms with Gasteiger partial charge in [-0.3, -0.25) is 10.1 Å². The molecule has 0 aliphatic carbocycles. The Morgan fingerprint density at radius 3 is 3.00 bits per heavy atom. The van der Waals surface area contributed by atoms with Crippen molar-refractivity contribution in [1.29, 1.82) is 0 Å². The van der Waals surface area contributed by atoms with Gasteiger partial charge in [0.15, 0.2) is 11.5 Å². The summed E-state index contributed by atoms with van der Waals surface area (Å²) in [5.41, 5.74) is 1.03. The zero-order chi connectivity index (χ0) is 12.7. The van der Waals surface area contributed by atoms with Gasteiger partial charge >= 0.3 is 7.12 Å². The SMILES string of the molecule is O=[N+]([O-])CC1OB(O)c2ccc3c(c21)OCCO3. The van der Waals surface area contributed by atoms with Crippen molar-refractivity contribution in [3.63, 3.8) is 0 Å². The summed E-state index contributed by atoms with van der Waals surface area (Å²) in [4.78, 5) is 10.1. The minimum atomic E-state index is -1.15. The maximum absolute atomic E-state index is 10.6. The number of rotatable bonds is 2. The van der Waals surface area contributed by atoms with Gasteiger partial charge in [0.05, 0.1) is 0 Å². The fourth-order valence-corrected chi connectivity index (χ4v) is 2.27. The van der Waals surface area contributed by atoms with Crippen molar-refractivity contribution in [1.82, 2.24) is 0 Å². The smallest absolute Gasteiger partial charge is 0.486 e. The van der Waals surface area contributed by atoms with E-state index in [2.05, 4.69) is 0 Å². The lowest BCUT2D eigenvalue weighted by molar-refractivity contribution is -0.490. The van der Waals surface area contributed by atoms with Crippen LogP contribution in [0.5, 0.6) is 11.5 Å². The Kier molecular flexibility index (Phi) is 2.60. The molecule has 0 spiro atoms. The fraction of sp³-hybridized carbons (Fsp3) is 0.400. The van der Waals surface area contributed by atoms with Crippen LogP contribution in [-0.4, -0.2) is 36.8 Å². The Morgan fingerprint density at radius 1 is 1.44 bits per heavy atom. The van der Waals surface area contributed by atoms with Crippen LogP contribution in [0.4, 0.5) is 0 Å². The number of benzene rings is 1. The van der Waals surface area contributed by atoms with Crippen LogP contribution in [-0.2, 0) is 4.65 Å². The van der Waals surface area contributed by atoms with E-state index in [1.54, 1.807) is 12.1 Å². The standard InChI is InChI=1S/C10H10BNO6/c13-11-6-1-2-7-10(17-4-3-16-7)9(6)8(18-11)5-12(14)15/h1-2,8,13H,3-5H2. The van der Waals surface area contributed by atoms with E-state index in [-0.39, 0.29) is 0 Å². The molecule has 3 rings (SSSR count). The average molecular weight is 251 g/mol. The van der Waals surface area contributed by atoms with Gasteiger partial charge in [0.25, 0.3) is 0 Å². The molecule has 0 bridgehead atoms. The normalized spacial score (nSPS) is 20.7. The number of nitro groups is 1. The van der Waals surface area contributed by atoms with E-state index in [4.69, 9.17) is 14.1 Å². The summed E-state index contributed by atoms with van der Waals surface area (Å²) in [6, 6.07) is 3.32. The molecule has 18 heavy (non-hydrogen) atoms. The molecule has 0 amide bonds. The van der Waals surface area contributed by atoms with Crippen LogP contribution in [0.1, 0.15) is 11.7 Å². The maximum Gasteiger partial charge on any atom is 0.492 e. The highest BCUT2D eigenvalue weighted by Crippen LogP contribution is 2.40. The number of hydrogen-bond acceptors (Lipinski definition) is 6. The van der Waals surface area contributed by atoms with Crippen LogP contribution in [0, 0.1) is 10.1 Å². The van der Waals surface area contributed by atoms with Crippen molar-refractivity contribution in [2.45, 2.75) is 6.10 Å². The summed E-state index contributed by atoms with van der Waals surface area (Å²) >= 11 is 0. The summed E-state index contributed by atoms with van der Waals surface area (Å²) in [5, 5.41) is 20.3. The predicted molar refractivity (Wildman–Crippen MR) is 60.7 cm³/mol. The second-order valence-electron chi connectivity index (χ2n) is 4.09. The van der Waals surface area contributed by atoms with Crippen LogP contribution >= 0.6 is 0 Å². The van der Waals surface area contributed by atoms with Crippen LogP contribution in [0.25, 0.3) is 0 Å². The van der Waals surface area contributed by atoms with Crippen molar-refractivity contribution in [3.8, 4) is 11.5 Å². The van der Waals surface area contributed by atoms with E-state index in [1.165, 1.54) is 0 Å². The van der Waals surface area contributed by atoms with Crippen LogP contribution in [0.3, 0.4) is 0 Å². The Bertz CT molecular complexity index is 507. The third-order valence-electron chi connectivity index (χ3n) is 2.98. The first-order valence-electron chi connectivity index (χ1n) is 5.54. The highest BCUT2D eigenvalue weighted by molar-refractivity contribution is 6.62. The average Bonchev–Trinajstić information content (AvgIpc) is 2.66. The number of hydrogen-bond donors (Lipinski definition) is 1. The third-order valence-corrected chi connectivity index (χ3v) is 2.98. The van der Waals surface area contributed by atoms with Crippen molar-refractivity contribution in [2.24, 2.45) is 0 Å². The van der Waals surface area contributed by atoms with Gasteiger partial charge in [-0.1, -0.05) is 6.07 Å². The summed E-state index contributed by atoms with van der Waals surface area (Å²) in [6.45, 7) is 0.406. The highest BCUT2D eigenvalue weighted by atomic mass is 16.6. The first-order chi connectivity index (χ1) is 8.66. The van der Waals surface area contributed by atoms with Gasteiger partial charge in [-0.15, -0.1) is 0 Å². The van der Waals surface area contributed by atoms with E-state index in [0.29, 0.717) is 35.7 Å². The first-order valence-corrected chi connectivity index (χ1v) is 5.54. The van der Waals surface area contributed by atoms with Gasteiger partial charge in [-0.25, -0.2) is 0 Å². The van der Waals surface area contributed by atoms with E-state index in [1.807, 2.05) is 0 Å². The summed E-state index contributed by atoms with van der Waals surface area (Å²) in [7, 11) is -1.15. The fourth-order valence-electron chi connectivity index (χ4n) is 2.27. The number of ether oxygens (including phenoxy) is 2. The minimum absolute atomic E-state index is 0.380. The lowest BCUT2D eigenvalue weighted by Crippen LogP contribution is -2.29. The van der Waals surface area contributed by atoms with Gasteiger partial charge in [-0.05, 0) is 11.5 Å². The van der Waals surface area contributed by atoms with E-state index in [0.717, 1.165) is 0 Å². The Balaban J connectivity index is 2.07. The molecule has 1 atom stereocenters. The lowest BCUT2D eigenvalue weighted by atomic mass is 9.79. The van der Waals surface area contributed by atoms with Gasteiger partial charge < -0.3 is 19.2 Å². The van der Waals surface area contributed by atoms with Gasteiger partial charge in [-0.2, -0.15) is 0 Å². The molecule has 0 saturated carbocycles. The van der Waals surface area contributed by atoms with E-state index >= 15 is 0 Å². The molecule has 7 nitrogen and oxygen atoms in total. The molecular weight excluding hydrogens is 241 g/mol. The first kappa shape index (κ1) is 11.3. The summed E-state index contributed by atoms with van der Waals surface area (Å²) in [5.74, 6) is 0.980. The largest absolute Gasteiger partial charge is 0.492 e. The second kappa shape index (κ2) is 4.15. The minimum Gasteiger partial charge on any atom is -0.486 e. The monoisotopic (exact) mass is 251 g/mol. The zero-order valence-corrected chi connectivity index (χ0v) is 9.37. The molecular formula is C10H10BNO6. The molecule has 0 radical (unpaired) electrons. The topological polar surface area (TPSA) is 91.1 Å².